The van der Waals surface area contributed by atoms with Gasteiger partial charge in [0.2, 0.25) is 0 Å². The molecule has 0 bridgehead atoms. The van der Waals surface area contributed by atoms with Crippen molar-refractivity contribution in [1.82, 2.24) is 14.5 Å². The first-order valence-corrected chi connectivity index (χ1v) is 7.29. The highest BCUT2D eigenvalue weighted by Gasteiger charge is 2.15. The molecule has 0 aliphatic heterocycles. The van der Waals surface area contributed by atoms with Gasteiger partial charge in [-0.25, -0.2) is 0 Å². The molecule has 3 heterocycles. The maximum absolute atomic E-state index is 11.8. The standard InChI is InChI=1S/C18H12N4O2/c19-9-14-17(23)16-15(21-18(14)24)6-8-22(16)13-3-1-11(2-4-13)12-5-7-20-10-12/h1-8,10,20H,(H2,21,23,24). The third kappa shape index (κ3) is 2.00. The Balaban J connectivity index is 1.88. The van der Waals surface area contributed by atoms with Crippen LogP contribution in [0, 0.1) is 11.3 Å². The largest absolute Gasteiger partial charge is 0.504 e. The monoisotopic (exact) mass is 316 g/mol. The van der Waals surface area contributed by atoms with Crippen molar-refractivity contribution in [1.29, 1.82) is 5.26 Å². The molecule has 0 saturated carbocycles. The van der Waals surface area contributed by atoms with Crippen LogP contribution in [0.25, 0.3) is 27.8 Å². The summed E-state index contributed by atoms with van der Waals surface area (Å²) in [6.07, 6.45) is 5.52. The number of nitrogens with one attached hydrogen (secondary N) is 2. The average Bonchev–Trinajstić information content (AvgIpc) is 3.25. The summed E-state index contributed by atoms with van der Waals surface area (Å²) in [4.78, 5) is 17.4. The van der Waals surface area contributed by atoms with E-state index < -0.39 is 5.56 Å². The Kier molecular flexibility index (Phi) is 3.00. The van der Waals surface area contributed by atoms with Gasteiger partial charge in [0.1, 0.15) is 11.6 Å². The lowest BCUT2D eigenvalue weighted by Gasteiger charge is -2.08. The molecule has 116 valence electrons. The van der Waals surface area contributed by atoms with E-state index in [1.54, 1.807) is 22.9 Å². The number of pyridine rings is 1. The average molecular weight is 316 g/mol. The molecule has 3 N–H and O–H groups in total. The third-order valence-corrected chi connectivity index (χ3v) is 4.01. The highest BCUT2D eigenvalue weighted by atomic mass is 16.3. The topological polar surface area (TPSA) is 97.6 Å². The van der Waals surface area contributed by atoms with Gasteiger partial charge in [0.15, 0.2) is 11.3 Å². The van der Waals surface area contributed by atoms with Crippen LogP contribution in [0.2, 0.25) is 0 Å². The maximum Gasteiger partial charge on any atom is 0.270 e. The summed E-state index contributed by atoms with van der Waals surface area (Å²) in [5.41, 5.74) is 2.96. The number of rotatable bonds is 2. The Labute approximate surface area is 136 Å². The lowest BCUT2D eigenvalue weighted by atomic mass is 10.1. The normalized spacial score (nSPS) is 10.8. The van der Waals surface area contributed by atoms with Gasteiger partial charge >= 0.3 is 0 Å². The fraction of sp³-hybridized carbons (Fsp3) is 0. The quantitative estimate of drug-likeness (QED) is 0.530. The number of nitrogens with zero attached hydrogens (tertiary/aromatic N) is 2. The minimum absolute atomic E-state index is 0.286. The van der Waals surface area contributed by atoms with E-state index in [4.69, 9.17) is 5.26 Å². The summed E-state index contributed by atoms with van der Waals surface area (Å²) < 4.78 is 1.74. The molecule has 3 aromatic heterocycles. The molecule has 0 spiro atoms. The molecule has 0 amide bonds. The van der Waals surface area contributed by atoms with E-state index in [9.17, 15) is 9.90 Å². The summed E-state index contributed by atoms with van der Waals surface area (Å²) in [5, 5.41) is 19.4. The van der Waals surface area contributed by atoms with Gasteiger partial charge in [-0.15, -0.1) is 0 Å². The number of H-pyrrole nitrogens is 2. The van der Waals surface area contributed by atoms with Gasteiger partial charge < -0.3 is 19.6 Å². The molecule has 0 atom stereocenters. The van der Waals surface area contributed by atoms with E-state index in [0.717, 1.165) is 16.8 Å². The smallest absolute Gasteiger partial charge is 0.270 e. The fourth-order valence-corrected chi connectivity index (χ4v) is 2.82. The zero-order valence-electron chi connectivity index (χ0n) is 12.4. The van der Waals surface area contributed by atoms with E-state index in [1.807, 2.05) is 42.7 Å². The number of aromatic hydroxyl groups is 1. The van der Waals surface area contributed by atoms with Crippen LogP contribution in [0.15, 0.2) is 59.8 Å². The van der Waals surface area contributed by atoms with Crippen molar-refractivity contribution in [3.05, 3.63) is 70.9 Å². The summed E-state index contributed by atoms with van der Waals surface area (Å²) in [7, 11) is 0. The second-order valence-corrected chi connectivity index (χ2v) is 5.38. The minimum atomic E-state index is -0.594. The van der Waals surface area contributed by atoms with Gasteiger partial charge in [0, 0.05) is 24.3 Å². The van der Waals surface area contributed by atoms with Crippen molar-refractivity contribution >= 4 is 11.0 Å². The highest BCUT2D eigenvalue weighted by Crippen LogP contribution is 2.29. The maximum atomic E-state index is 11.8. The molecule has 6 nitrogen and oxygen atoms in total. The number of nitriles is 1. The van der Waals surface area contributed by atoms with Crippen LogP contribution in [0.1, 0.15) is 5.56 Å². The van der Waals surface area contributed by atoms with Crippen molar-refractivity contribution in [2.75, 3.05) is 0 Å². The van der Waals surface area contributed by atoms with Crippen LogP contribution in [-0.2, 0) is 0 Å². The van der Waals surface area contributed by atoms with Crippen molar-refractivity contribution in [2.45, 2.75) is 0 Å². The van der Waals surface area contributed by atoms with Crippen molar-refractivity contribution in [3.8, 4) is 28.6 Å². The molecule has 4 aromatic rings. The molecular weight excluding hydrogens is 304 g/mol. The number of benzene rings is 1. The zero-order valence-corrected chi connectivity index (χ0v) is 12.4. The number of aromatic amines is 2. The predicted molar refractivity (Wildman–Crippen MR) is 90.1 cm³/mol. The van der Waals surface area contributed by atoms with E-state index in [0.29, 0.717) is 11.0 Å². The van der Waals surface area contributed by atoms with Crippen LogP contribution in [0.3, 0.4) is 0 Å². The first-order valence-electron chi connectivity index (χ1n) is 7.29. The van der Waals surface area contributed by atoms with Crippen molar-refractivity contribution in [2.24, 2.45) is 0 Å². The zero-order chi connectivity index (χ0) is 16.7. The number of fused-ring (bicyclic) bond motifs is 1. The highest BCUT2D eigenvalue weighted by molar-refractivity contribution is 5.86. The van der Waals surface area contributed by atoms with Crippen molar-refractivity contribution in [3.63, 3.8) is 0 Å². The van der Waals surface area contributed by atoms with Crippen LogP contribution in [0.4, 0.5) is 0 Å². The Morgan fingerprint density at radius 2 is 1.88 bits per heavy atom. The molecule has 0 aliphatic carbocycles. The number of aromatic nitrogens is 3. The summed E-state index contributed by atoms with van der Waals surface area (Å²) >= 11 is 0. The Bertz CT molecular complexity index is 1130. The first kappa shape index (κ1) is 13.9. The molecule has 24 heavy (non-hydrogen) atoms. The summed E-state index contributed by atoms with van der Waals surface area (Å²) in [6, 6.07) is 13.2. The van der Waals surface area contributed by atoms with Crippen LogP contribution in [-0.4, -0.2) is 19.6 Å². The van der Waals surface area contributed by atoms with Crippen molar-refractivity contribution < 1.29 is 5.11 Å². The molecule has 6 heteroatoms. The van der Waals surface area contributed by atoms with Gasteiger partial charge in [0.05, 0.1) is 5.52 Å². The van der Waals surface area contributed by atoms with Gasteiger partial charge in [-0.05, 0) is 35.4 Å². The van der Waals surface area contributed by atoms with Crippen LogP contribution >= 0.6 is 0 Å². The predicted octanol–water partition coefficient (Wildman–Crippen LogP) is 2.89. The van der Waals surface area contributed by atoms with E-state index >= 15 is 0 Å². The SMILES string of the molecule is N#Cc1c(O)c2c(ccn2-c2ccc(-c3cc[nH]c3)cc2)[nH]c1=O. The molecular formula is C18H12N4O2. The summed E-state index contributed by atoms with van der Waals surface area (Å²) in [6.45, 7) is 0. The van der Waals surface area contributed by atoms with Gasteiger partial charge in [0.25, 0.3) is 5.56 Å². The molecule has 0 fully saturated rings. The lowest BCUT2D eigenvalue weighted by molar-refractivity contribution is 0.476. The van der Waals surface area contributed by atoms with Gasteiger partial charge in [-0.2, -0.15) is 5.26 Å². The molecule has 0 radical (unpaired) electrons. The number of hydrogen-bond acceptors (Lipinski definition) is 3. The molecule has 0 aliphatic rings. The number of hydrogen-bond donors (Lipinski definition) is 3. The Morgan fingerprint density at radius 3 is 2.54 bits per heavy atom. The Hall–Kier alpha value is -3.72. The molecule has 1 aromatic carbocycles. The van der Waals surface area contributed by atoms with Crippen LogP contribution < -0.4 is 5.56 Å². The second-order valence-electron chi connectivity index (χ2n) is 5.38. The van der Waals surface area contributed by atoms with E-state index in [2.05, 4.69) is 9.97 Å². The first-order chi connectivity index (χ1) is 11.7. The lowest BCUT2D eigenvalue weighted by Crippen LogP contribution is -2.10. The third-order valence-electron chi connectivity index (χ3n) is 4.01. The van der Waals surface area contributed by atoms with E-state index in [-0.39, 0.29) is 11.3 Å². The molecule has 0 saturated heterocycles. The fourth-order valence-electron chi connectivity index (χ4n) is 2.82. The Morgan fingerprint density at radius 1 is 1.08 bits per heavy atom. The molecule has 0 unspecified atom stereocenters. The molecule has 4 rings (SSSR count). The van der Waals surface area contributed by atoms with Crippen LogP contribution in [0.5, 0.6) is 5.75 Å². The van der Waals surface area contributed by atoms with E-state index in [1.165, 1.54) is 0 Å². The van der Waals surface area contributed by atoms with Gasteiger partial charge in [-0.1, -0.05) is 12.1 Å². The summed E-state index contributed by atoms with van der Waals surface area (Å²) in [5.74, 6) is -0.309. The minimum Gasteiger partial charge on any atom is -0.504 e. The van der Waals surface area contributed by atoms with Gasteiger partial charge in [-0.3, -0.25) is 4.79 Å². The second kappa shape index (κ2) is 5.18.